The van der Waals surface area contributed by atoms with Crippen molar-refractivity contribution in [3.05, 3.63) is 24.3 Å². The van der Waals surface area contributed by atoms with Crippen molar-refractivity contribution >= 4 is 75.9 Å². The first-order valence-corrected chi connectivity index (χ1v) is 51.7. The molecule has 0 aromatic heterocycles. The maximum Gasteiger partial charge on any atom is 0.303 e. The van der Waals surface area contributed by atoms with Gasteiger partial charge in [-0.15, -0.1) is 0 Å². The summed E-state index contributed by atoms with van der Waals surface area (Å²) in [5.74, 6) is -0.784. The van der Waals surface area contributed by atoms with Gasteiger partial charge in [0.15, 0.2) is 41.6 Å². The number of allylic oxidation sites excluding steroid dienone is 1. The van der Waals surface area contributed by atoms with E-state index < -0.39 is 120 Å². The number of halogens is 1. The summed E-state index contributed by atoms with van der Waals surface area (Å²) in [5.41, 5.74) is 0.425. The largest absolute Gasteiger partial charge is 0.458 e. The number of rotatable bonds is 16. The standard InChI is InChI=1S/C72H135IO14Si5/c1-47-39-52-36-38-61-72(46-73,83-52)44-53(79-61)33-31-30-32-34-57(85-90(24,25)69(10,11)12)64-66(87-92(28,29)71(16,17)18)65(86-91(26,27)70(13,14)15)63-56(82-64)37-35-51(80-63)40-50(75)41-55-59(43-58(48(47)2)78-49(3)74)81-60(62(55)76-19)42-54(84-89(22,23)68(7,8)9)45-77-88(20,21)67(4,5)6/h32,34,47,51-66H,2,30-31,33,35-46H2,1,3-29H3/b34-32+/t47-,51-,52?,53+,54+,55?,56+,57?,58-,59+,60?,61+,62-,63+,64+,65?,66?,72?/m1/s1. The minimum absolute atomic E-state index is 0.00768. The molecule has 0 saturated carbocycles. The molecule has 0 aromatic carbocycles. The number of carbonyl (C=O) groups excluding carboxylic acids is 2. The zero-order valence-corrected chi connectivity index (χ0v) is 70.5. The number of fused-ring (bicyclic) bond motifs is 2. The molecule has 8 heterocycles. The molecule has 0 amide bonds. The lowest BCUT2D eigenvalue weighted by atomic mass is 9.81. The van der Waals surface area contributed by atoms with Gasteiger partial charge in [-0.1, -0.05) is 152 Å². The number of methoxy groups -OCH3 is 1. The number of alkyl halides is 1. The van der Waals surface area contributed by atoms with E-state index in [0.717, 1.165) is 54.9 Å². The minimum Gasteiger partial charge on any atom is -0.458 e. The van der Waals surface area contributed by atoms with Gasteiger partial charge in [0.2, 0.25) is 0 Å². The highest BCUT2D eigenvalue weighted by atomic mass is 127. The molecule has 8 rings (SSSR count). The first-order chi connectivity index (χ1) is 41.9. The summed E-state index contributed by atoms with van der Waals surface area (Å²) in [4.78, 5) is 28.8. The second-order valence-corrected chi connectivity index (χ2v) is 61.3. The maximum atomic E-state index is 15.5. The average Bonchev–Trinajstić information content (AvgIpc) is 0.800. The fraction of sp³-hybridized carbons (Fsp3) is 0.917. The number of Topliss-reactive ketones (excluding diaryl/α,β-unsaturated/α-hetero) is 1. The van der Waals surface area contributed by atoms with Crippen molar-refractivity contribution in [2.75, 3.05) is 18.1 Å². The van der Waals surface area contributed by atoms with Gasteiger partial charge in [-0.3, -0.25) is 9.59 Å². The number of carbonyl (C=O) groups is 2. The molecule has 5 saturated heterocycles. The number of ether oxygens (including phenoxy) is 7. The lowest BCUT2D eigenvalue weighted by Gasteiger charge is -2.56. The fourth-order valence-corrected chi connectivity index (χ4v) is 20.5. The number of hydrogen-bond acceptors (Lipinski definition) is 14. The van der Waals surface area contributed by atoms with Crippen LogP contribution >= 0.6 is 22.6 Å². The number of esters is 1. The highest BCUT2D eigenvalue weighted by molar-refractivity contribution is 14.1. The Morgan fingerprint density at radius 1 is 0.652 bits per heavy atom. The van der Waals surface area contributed by atoms with Crippen LogP contribution < -0.4 is 0 Å². The van der Waals surface area contributed by atoms with E-state index in [1.54, 1.807) is 7.11 Å². The quantitative estimate of drug-likeness (QED) is 0.0475. The topological polar surface area (TPSA) is 145 Å². The van der Waals surface area contributed by atoms with E-state index in [4.69, 9.17) is 61.9 Å². The van der Waals surface area contributed by atoms with Crippen LogP contribution in [0.4, 0.5) is 0 Å². The van der Waals surface area contributed by atoms with Crippen LogP contribution in [0.1, 0.15) is 201 Å². The molecular weight excluding hydrogens is 1360 g/mol. The van der Waals surface area contributed by atoms with E-state index >= 15 is 4.79 Å². The Bertz CT molecular complexity index is 2470. The van der Waals surface area contributed by atoms with Crippen molar-refractivity contribution in [2.24, 2.45) is 11.8 Å². The lowest BCUT2D eigenvalue weighted by Crippen LogP contribution is -2.69. The van der Waals surface area contributed by atoms with Crippen LogP contribution in [0.5, 0.6) is 0 Å². The molecule has 7 unspecified atom stereocenters. The molecule has 5 fully saturated rings. The van der Waals surface area contributed by atoms with E-state index in [9.17, 15) is 4.79 Å². The van der Waals surface area contributed by atoms with Crippen LogP contribution in [0.2, 0.25) is 90.7 Å². The van der Waals surface area contributed by atoms with Gasteiger partial charge in [-0.2, -0.15) is 0 Å². The normalized spacial score (nSPS) is 35.1. The smallest absolute Gasteiger partial charge is 0.303 e. The Morgan fingerprint density at radius 2 is 1.21 bits per heavy atom. The maximum absolute atomic E-state index is 15.5. The molecule has 0 N–H and O–H groups in total. The summed E-state index contributed by atoms with van der Waals surface area (Å²) in [6, 6.07) is 0. The van der Waals surface area contributed by atoms with Gasteiger partial charge < -0.3 is 55.3 Å². The predicted octanol–water partition coefficient (Wildman–Crippen LogP) is 18.2. The lowest BCUT2D eigenvalue weighted by molar-refractivity contribution is -0.266. The molecule has 0 spiro atoms. The van der Waals surface area contributed by atoms with Gasteiger partial charge in [0.05, 0.1) is 67.6 Å². The van der Waals surface area contributed by atoms with Gasteiger partial charge in [0, 0.05) is 56.5 Å². The van der Waals surface area contributed by atoms with Crippen molar-refractivity contribution in [3.8, 4) is 0 Å². The third kappa shape index (κ3) is 19.7. The summed E-state index contributed by atoms with van der Waals surface area (Å²) in [6.45, 7) is 66.3. The SMILES string of the molecule is C=C1[C@H](C)CC2CC[C@@H]3O[C@@H](CCC/C=C/C(O[Si](C)(C)C(C)(C)C)[C@@H]4O[C@H]5CC[C@H](CC(=O)CC6[C@@H](OC)C(C[C@@H](CO[Si](C)(C)C(C)(C)C)O[Si](C)(C)C(C)(C)C)O[C@H]6C[C@H]1OC(C)=O)O[C@@H]5C(O[Si](C)(C)C(C)(C)C)C4O[Si](C)(C)C(C)(C)C)CC3(CI)O2. The second kappa shape index (κ2) is 30.7. The van der Waals surface area contributed by atoms with Crippen LogP contribution in [0, 0.1) is 11.8 Å². The van der Waals surface area contributed by atoms with Crippen LogP contribution in [0.3, 0.4) is 0 Å². The van der Waals surface area contributed by atoms with Crippen LogP contribution in [-0.2, 0) is 64.9 Å². The van der Waals surface area contributed by atoms with Crippen LogP contribution in [0.25, 0.3) is 0 Å². The van der Waals surface area contributed by atoms with Gasteiger partial charge in [0.25, 0.3) is 0 Å². The molecule has 20 heteroatoms. The molecule has 534 valence electrons. The summed E-state index contributed by atoms with van der Waals surface area (Å²) < 4.78 is 88.2. The summed E-state index contributed by atoms with van der Waals surface area (Å²) >= 11 is 2.52. The number of hydrogen-bond donors (Lipinski definition) is 0. The second-order valence-electron chi connectivity index (χ2n) is 36.7. The highest BCUT2D eigenvalue weighted by Crippen LogP contribution is 2.51. The third-order valence-corrected chi connectivity index (χ3v) is 48.1. The zero-order valence-electron chi connectivity index (χ0n) is 63.4. The summed E-state index contributed by atoms with van der Waals surface area (Å²) in [7, 11) is -10.4. The predicted molar refractivity (Wildman–Crippen MR) is 395 cm³/mol. The van der Waals surface area contributed by atoms with E-state index in [1.807, 2.05) is 0 Å². The Morgan fingerprint density at radius 3 is 1.75 bits per heavy atom. The van der Waals surface area contributed by atoms with Crippen molar-refractivity contribution in [2.45, 2.75) is 389 Å². The average molecular weight is 1490 g/mol. The highest BCUT2D eigenvalue weighted by Gasteiger charge is 2.59. The number of ketones is 1. The first-order valence-electron chi connectivity index (χ1n) is 35.7. The van der Waals surface area contributed by atoms with Crippen molar-refractivity contribution in [1.29, 1.82) is 0 Å². The van der Waals surface area contributed by atoms with Crippen molar-refractivity contribution < 1.29 is 64.9 Å². The van der Waals surface area contributed by atoms with Crippen LogP contribution in [-0.4, -0.2) is 169 Å². The zero-order chi connectivity index (χ0) is 69.6. The van der Waals surface area contributed by atoms with E-state index in [0.29, 0.717) is 32.3 Å². The Balaban J connectivity index is 1.48. The minimum atomic E-state index is -2.56. The molecule has 7 bridgehead atoms. The molecule has 8 aliphatic heterocycles. The first kappa shape index (κ1) is 81.0. The molecular formula is C72H135IO14Si5. The molecule has 0 aliphatic carbocycles. The van der Waals surface area contributed by atoms with Crippen LogP contribution in [0.15, 0.2) is 24.3 Å². The molecule has 14 nitrogen and oxygen atoms in total. The Kier molecular flexibility index (Phi) is 27.0. The van der Waals surface area contributed by atoms with E-state index in [1.165, 1.54) is 6.92 Å². The van der Waals surface area contributed by atoms with Crippen molar-refractivity contribution in [3.63, 3.8) is 0 Å². The van der Waals surface area contributed by atoms with E-state index in [2.05, 4.69) is 211 Å². The Hall–Kier alpha value is -0.00558. The van der Waals surface area contributed by atoms with E-state index in [-0.39, 0.29) is 80.3 Å². The molecule has 92 heavy (non-hydrogen) atoms. The molecule has 0 aromatic rings. The van der Waals surface area contributed by atoms with Gasteiger partial charge in [-0.25, -0.2) is 0 Å². The van der Waals surface area contributed by atoms with Crippen molar-refractivity contribution in [1.82, 2.24) is 0 Å². The summed E-state index contributed by atoms with van der Waals surface area (Å²) in [5, 5.41) is -0.414. The molecule has 8 aliphatic rings. The molecule has 0 radical (unpaired) electrons. The fourth-order valence-electron chi connectivity index (χ4n) is 13.3. The monoisotopic (exact) mass is 1490 g/mol. The third-order valence-electron chi connectivity index (χ3n) is 24.4. The van der Waals surface area contributed by atoms with Gasteiger partial charge in [-0.05, 0) is 154 Å². The van der Waals surface area contributed by atoms with Gasteiger partial charge >= 0.3 is 5.97 Å². The summed E-state index contributed by atoms with van der Waals surface area (Å²) in [6.07, 6.45) is 7.60. The molecule has 18 atom stereocenters. The van der Waals surface area contributed by atoms with Gasteiger partial charge in [0.1, 0.15) is 41.9 Å². The Labute approximate surface area is 580 Å².